The molecular weight excluding hydrogens is 334 g/mol. The van der Waals surface area contributed by atoms with E-state index in [4.69, 9.17) is 0 Å². The minimum Gasteiger partial charge on any atom is -0.508 e. The summed E-state index contributed by atoms with van der Waals surface area (Å²) in [5.74, 6) is 0.477. The summed E-state index contributed by atoms with van der Waals surface area (Å²) in [7, 11) is 0. The summed E-state index contributed by atoms with van der Waals surface area (Å²) in [6.45, 7) is 0. The van der Waals surface area contributed by atoms with Crippen LogP contribution in [-0.2, 0) is 0 Å². The van der Waals surface area contributed by atoms with Gasteiger partial charge in [0.1, 0.15) is 11.5 Å². The van der Waals surface area contributed by atoms with Crippen molar-refractivity contribution >= 4 is 11.4 Å². The van der Waals surface area contributed by atoms with Crippen LogP contribution < -0.4 is 5.32 Å². The summed E-state index contributed by atoms with van der Waals surface area (Å²) in [5, 5.41) is 23.8. The fourth-order valence-corrected chi connectivity index (χ4v) is 3.09. The van der Waals surface area contributed by atoms with E-state index in [1.807, 2.05) is 84.9 Å². The highest BCUT2D eigenvalue weighted by atomic mass is 16.3. The third kappa shape index (κ3) is 3.62. The predicted molar refractivity (Wildman–Crippen MR) is 110 cm³/mol. The van der Waals surface area contributed by atoms with Crippen LogP contribution in [-0.4, -0.2) is 10.2 Å². The highest BCUT2D eigenvalue weighted by Gasteiger charge is 2.13. The van der Waals surface area contributed by atoms with Crippen LogP contribution in [0.5, 0.6) is 11.5 Å². The number of hydrogen-bond acceptors (Lipinski definition) is 3. The fraction of sp³-hybridized carbons (Fsp3) is 0. The van der Waals surface area contributed by atoms with Crippen molar-refractivity contribution in [2.45, 2.75) is 0 Å². The first-order valence-corrected chi connectivity index (χ1v) is 8.74. The first kappa shape index (κ1) is 16.7. The van der Waals surface area contributed by atoms with Gasteiger partial charge in [0.25, 0.3) is 0 Å². The van der Waals surface area contributed by atoms with Crippen molar-refractivity contribution in [2.75, 3.05) is 5.32 Å². The minimum atomic E-state index is 0.223. The predicted octanol–water partition coefficient (Wildman–Crippen LogP) is 6.18. The van der Waals surface area contributed by atoms with E-state index in [1.54, 1.807) is 12.1 Å². The van der Waals surface area contributed by atoms with Crippen LogP contribution in [0.15, 0.2) is 97.1 Å². The van der Waals surface area contributed by atoms with E-state index in [1.165, 1.54) is 0 Å². The lowest BCUT2D eigenvalue weighted by atomic mass is 9.96. The lowest BCUT2D eigenvalue weighted by Crippen LogP contribution is -1.93. The first-order chi connectivity index (χ1) is 13.2. The average molecular weight is 353 g/mol. The molecule has 0 fully saturated rings. The smallest absolute Gasteiger partial charge is 0.131 e. The molecule has 132 valence electrons. The zero-order chi connectivity index (χ0) is 18.6. The molecule has 4 aromatic carbocycles. The molecule has 3 nitrogen and oxygen atoms in total. The van der Waals surface area contributed by atoms with Crippen LogP contribution in [0, 0.1) is 0 Å². The molecule has 0 amide bonds. The van der Waals surface area contributed by atoms with Gasteiger partial charge in [-0.1, -0.05) is 60.7 Å². The number of hydrogen-bond donors (Lipinski definition) is 3. The van der Waals surface area contributed by atoms with Crippen LogP contribution in [0.1, 0.15) is 0 Å². The van der Waals surface area contributed by atoms with Crippen LogP contribution in [0.4, 0.5) is 11.4 Å². The summed E-state index contributed by atoms with van der Waals surface area (Å²) < 4.78 is 0. The van der Waals surface area contributed by atoms with Crippen molar-refractivity contribution in [3.63, 3.8) is 0 Å². The maximum absolute atomic E-state index is 11.0. The van der Waals surface area contributed by atoms with Crippen LogP contribution in [0.3, 0.4) is 0 Å². The second-order valence-corrected chi connectivity index (χ2v) is 6.32. The highest BCUT2D eigenvalue weighted by molar-refractivity contribution is 5.86. The SMILES string of the molecule is Oc1ccc(Nc2cc(-c3ccccc3)c(O)c(-c3ccccc3)c2)cc1. The van der Waals surface area contributed by atoms with E-state index in [0.717, 1.165) is 33.6 Å². The van der Waals surface area contributed by atoms with Gasteiger partial charge >= 0.3 is 0 Å². The van der Waals surface area contributed by atoms with Crippen LogP contribution >= 0.6 is 0 Å². The van der Waals surface area contributed by atoms with E-state index in [0.29, 0.717) is 0 Å². The van der Waals surface area contributed by atoms with Crippen LogP contribution in [0.25, 0.3) is 22.3 Å². The van der Waals surface area contributed by atoms with Crippen molar-refractivity contribution in [3.8, 4) is 33.8 Å². The molecule has 27 heavy (non-hydrogen) atoms. The van der Waals surface area contributed by atoms with Crippen molar-refractivity contribution in [3.05, 3.63) is 97.1 Å². The van der Waals surface area contributed by atoms with Gasteiger partial charge < -0.3 is 15.5 Å². The second-order valence-electron chi connectivity index (χ2n) is 6.32. The van der Waals surface area contributed by atoms with Crippen molar-refractivity contribution in [1.82, 2.24) is 0 Å². The fourth-order valence-electron chi connectivity index (χ4n) is 3.09. The van der Waals surface area contributed by atoms with Gasteiger partial charge in [-0.25, -0.2) is 0 Å². The lowest BCUT2D eigenvalue weighted by molar-refractivity contribution is 0.475. The number of aromatic hydroxyl groups is 2. The van der Waals surface area contributed by atoms with Gasteiger partial charge in [-0.3, -0.25) is 0 Å². The number of phenolic OH excluding ortho intramolecular Hbond substituents is 2. The van der Waals surface area contributed by atoms with Gasteiger partial charge in [-0.15, -0.1) is 0 Å². The van der Waals surface area contributed by atoms with Crippen molar-refractivity contribution < 1.29 is 10.2 Å². The Morgan fingerprint density at radius 3 is 1.48 bits per heavy atom. The maximum atomic E-state index is 11.0. The molecule has 0 bridgehead atoms. The van der Waals surface area contributed by atoms with Crippen LogP contribution in [0.2, 0.25) is 0 Å². The number of benzene rings is 4. The topological polar surface area (TPSA) is 52.5 Å². The van der Waals surface area contributed by atoms with Gasteiger partial charge in [-0.05, 0) is 47.5 Å². The summed E-state index contributed by atoms with van der Waals surface area (Å²) >= 11 is 0. The second kappa shape index (κ2) is 7.26. The molecule has 0 radical (unpaired) electrons. The number of phenols is 2. The molecule has 0 aliphatic carbocycles. The molecule has 0 atom stereocenters. The summed E-state index contributed by atoms with van der Waals surface area (Å²) in [6.07, 6.45) is 0. The quantitative estimate of drug-likeness (QED) is 0.384. The molecule has 0 aliphatic rings. The largest absolute Gasteiger partial charge is 0.508 e. The Kier molecular flexibility index (Phi) is 4.50. The Hall–Kier alpha value is -3.72. The van der Waals surface area contributed by atoms with Gasteiger partial charge in [0.2, 0.25) is 0 Å². The molecular formula is C24H19NO2. The summed E-state index contributed by atoms with van der Waals surface area (Å²) in [5.41, 5.74) is 5.13. The number of anilines is 2. The monoisotopic (exact) mass is 353 g/mol. The Morgan fingerprint density at radius 1 is 0.519 bits per heavy atom. The maximum Gasteiger partial charge on any atom is 0.131 e. The third-order valence-electron chi connectivity index (χ3n) is 4.44. The Labute approximate surface area is 158 Å². The van der Waals surface area contributed by atoms with E-state index in [-0.39, 0.29) is 11.5 Å². The molecule has 0 spiro atoms. The number of nitrogens with one attached hydrogen (secondary N) is 1. The normalized spacial score (nSPS) is 10.5. The van der Waals surface area contributed by atoms with Gasteiger partial charge in [0.15, 0.2) is 0 Å². The third-order valence-corrected chi connectivity index (χ3v) is 4.44. The van der Waals surface area contributed by atoms with Crippen molar-refractivity contribution in [1.29, 1.82) is 0 Å². The number of rotatable bonds is 4. The molecule has 0 aromatic heterocycles. The van der Waals surface area contributed by atoms with E-state index >= 15 is 0 Å². The molecule has 0 saturated heterocycles. The molecule has 3 heteroatoms. The van der Waals surface area contributed by atoms with E-state index in [2.05, 4.69) is 5.32 Å². The molecule has 0 unspecified atom stereocenters. The molecule has 4 rings (SSSR count). The Balaban J connectivity index is 1.85. The standard InChI is InChI=1S/C24H19NO2/c26-21-13-11-19(12-14-21)25-20-15-22(17-7-3-1-4-8-17)24(27)23(16-20)18-9-5-2-6-10-18/h1-16,25-27H. The Morgan fingerprint density at radius 2 is 1.00 bits per heavy atom. The molecule has 0 heterocycles. The Bertz CT molecular complexity index is 982. The molecule has 4 aromatic rings. The highest BCUT2D eigenvalue weighted by Crippen LogP contribution is 2.41. The summed E-state index contributed by atoms with van der Waals surface area (Å²) in [4.78, 5) is 0. The van der Waals surface area contributed by atoms with Gasteiger partial charge in [0, 0.05) is 22.5 Å². The summed E-state index contributed by atoms with van der Waals surface area (Å²) in [6, 6.07) is 30.4. The average Bonchev–Trinajstić information content (AvgIpc) is 2.72. The molecule has 0 aliphatic heterocycles. The van der Waals surface area contributed by atoms with E-state index in [9.17, 15) is 10.2 Å². The van der Waals surface area contributed by atoms with Gasteiger partial charge in [0.05, 0.1) is 0 Å². The van der Waals surface area contributed by atoms with Gasteiger partial charge in [-0.2, -0.15) is 0 Å². The molecule has 3 N–H and O–H groups in total. The zero-order valence-corrected chi connectivity index (χ0v) is 14.6. The molecule has 0 saturated carbocycles. The van der Waals surface area contributed by atoms with E-state index < -0.39 is 0 Å². The zero-order valence-electron chi connectivity index (χ0n) is 14.6. The first-order valence-electron chi connectivity index (χ1n) is 8.74. The lowest BCUT2D eigenvalue weighted by Gasteiger charge is -2.15. The van der Waals surface area contributed by atoms with Crippen molar-refractivity contribution in [2.24, 2.45) is 0 Å². The minimum absolute atomic E-state index is 0.223.